The summed E-state index contributed by atoms with van der Waals surface area (Å²) in [5.74, 6) is -1.32. The minimum Gasteiger partial charge on any atom is -0.449 e. The lowest BCUT2D eigenvalue weighted by Crippen LogP contribution is -2.30. The van der Waals surface area contributed by atoms with Crippen molar-refractivity contribution in [1.82, 2.24) is 0 Å². The molecule has 0 fully saturated rings. The molecule has 0 saturated heterocycles. The molecular formula is C19H18N2O5S. The molecule has 0 spiro atoms. The Kier molecular flexibility index (Phi) is 6.32. The second-order valence-electron chi connectivity index (χ2n) is 5.99. The molecule has 1 N–H and O–H groups in total. The fourth-order valence-corrected chi connectivity index (χ4v) is 2.99. The molecule has 27 heavy (non-hydrogen) atoms. The maximum atomic E-state index is 12.1. The van der Waals surface area contributed by atoms with Crippen LogP contribution in [0.5, 0.6) is 0 Å². The van der Waals surface area contributed by atoms with Crippen LogP contribution in [0.3, 0.4) is 0 Å². The van der Waals surface area contributed by atoms with Gasteiger partial charge in [0.1, 0.15) is 0 Å². The topological polar surface area (TPSA) is 113 Å². The molecule has 0 aliphatic carbocycles. The monoisotopic (exact) mass is 386 g/mol. The maximum absolute atomic E-state index is 12.1. The Bertz CT molecular complexity index is 974. The minimum absolute atomic E-state index is 0.119. The zero-order valence-corrected chi connectivity index (χ0v) is 15.6. The molecular weight excluding hydrogens is 368 g/mol. The third kappa shape index (κ3) is 6.24. The van der Waals surface area contributed by atoms with E-state index in [1.54, 1.807) is 24.3 Å². The number of nitriles is 1. The Hall–Kier alpha value is -3.18. The predicted octanol–water partition coefficient (Wildman–Crippen LogP) is 2.29. The molecule has 0 radical (unpaired) electrons. The van der Waals surface area contributed by atoms with E-state index >= 15 is 0 Å². The van der Waals surface area contributed by atoms with Gasteiger partial charge in [-0.15, -0.1) is 0 Å². The highest BCUT2D eigenvalue weighted by Crippen LogP contribution is 2.12. The van der Waals surface area contributed by atoms with Crippen LogP contribution in [0.4, 0.5) is 5.69 Å². The van der Waals surface area contributed by atoms with E-state index in [1.807, 2.05) is 6.07 Å². The fraction of sp³-hybridized carbons (Fsp3) is 0.211. The summed E-state index contributed by atoms with van der Waals surface area (Å²) in [6.45, 7) is 1.44. The van der Waals surface area contributed by atoms with E-state index in [0.29, 0.717) is 16.8 Å². The van der Waals surface area contributed by atoms with Gasteiger partial charge in [0.25, 0.3) is 5.91 Å². The van der Waals surface area contributed by atoms with Crippen LogP contribution in [-0.4, -0.2) is 32.7 Å². The summed E-state index contributed by atoms with van der Waals surface area (Å²) < 4.78 is 27.7. The first-order valence-electron chi connectivity index (χ1n) is 7.96. The summed E-state index contributed by atoms with van der Waals surface area (Å²) in [5, 5.41) is 11.3. The van der Waals surface area contributed by atoms with E-state index in [4.69, 9.17) is 10.00 Å². The molecule has 0 aromatic heterocycles. The summed E-state index contributed by atoms with van der Waals surface area (Å²) in [6, 6.07) is 14.2. The standard InChI is InChI=1S/C19H18N2O5S/c1-13(18(22)21-17-9-5-14(11-20)6-10-17)26-19(23)16-7-3-15(4-8-16)12-27(2,24)25/h3-10,13H,12H2,1-2H3,(H,21,22)/t13-/m1/s1. The number of nitrogens with zero attached hydrogens (tertiary/aromatic N) is 1. The Morgan fingerprint density at radius 1 is 1.11 bits per heavy atom. The number of benzene rings is 2. The number of esters is 1. The minimum atomic E-state index is -3.16. The van der Waals surface area contributed by atoms with Gasteiger partial charge in [-0.2, -0.15) is 5.26 Å². The zero-order chi connectivity index (χ0) is 20.0. The maximum Gasteiger partial charge on any atom is 0.338 e. The smallest absolute Gasteiger partial charge is 0.338 e. The van der Waals surface area contributed by atoms with Gasteiger partial charge in [0, 0.05) is 11.9 Å². The van der Waals surface area contributed by atoms with E-state index < -0.39 is 27.8 Å². The Morgan fingerprint density at radius 2 is 1.70 bits per heavy atom. The second kappa shape index (κ2) is 8.47. The van der Waals surface area contributed by atoms with Crippen molar-refractivity contribution in [1.29, 1.82) is 5.26 Å². The van der Waals surface area contributed by atoms with E-state index in [9.17, 15) is 18.0 Å². The molecule has 0 aliphatic heterocycles. The van der Waals surface area contributed by atoms with Gasteiger partial charge in [0.15, 0.2) is 15.9 Å². The van der Waals surface area contributed by atoms with Crippen molar-refractivity contribution in [3.8, 4) is 6.07 Å². The van der Waals surface area contributed by atoms with Gasteiger partial charge in [-0.05, 0) is 48.9 Å². The largest absolute Gasteiger partial charge is 0.449 e. The van der Waals surface area contributed by atoms with Gasteiger partial charge >= 0.3 is 5.97 Å². The van der Waals surface area contributed by atoms with Gasteiger partial charge in [-0.3, -0.25) is 4.79 Å². The third-order valence-electron chi connectivity index (χ3n) is 3.55. The van der Waals surface area contributed by atoms with Crippen molar-refractivity contribution in [2.75, 3.05) is 11.6 Å². The molecule has 2 aromatic carbocycles. The first kappa shape index (κ1) is 20.1. The van der Waals surface area contributed by atoms with Crippen molar-refractivity contribution in [2.24, 2.45) is 0 Å². The highest BCUT2D eigenvalue weighted by molar-refractivity contribution is 7.89. The van der Waals surface area contributed by atoms with Gasteiger partial charge < -0.3 is 10.1 Å². The predicted molar refractivity (Wildman–Crippen MR) is 99.7 cm³/mol. The lowest BCUT2D eigenvalue weighted by molar-refractivity contribution is -0.123. The normalized spacial score (nSPS) is 11.9. The Morgan fingerprint density at radius 3 is 2.22 bits per heavy atom. The van der Waals surface area contributed by atoms with Crippen LogP contribution < -0.4 is 5.32 Å². The fourth-order valence-electron chi connectivity index (χ4n) is 2.19. The van der Waals surface area contributed by atoms with Crippen molar-refractivity contribution in [2.45, 2.75) is 18.8 Å². The Labute approximate surface area is 157 Å². The molecule has 7 nitrogen and oxygen atoms in total. The van der Waals surface area contributed by atoms with Crippen molar-refractivity contribution in [3.63, 3.8) is 0 Å². The van der Waals surface area contributed by atoms with Crippen LogP contribution in [0.1, 0.15) is 28.4 Å². The third-order valence-corrected chi connectivity index (χ3v) is 4.41. The summed E-state index contributed by atoms with van der Waals surface area (Å²) in [4.78, 5) is 24.3. The second-order valence-corrected chi connectivity index (χ2v) is 8.13. The number of rotatable bonds is 6. The lowest BCUT2D eigenvalue weighted by atomic mass is 10.1. The van der Waals surface area contributed by atoms with Crippen LogP contribution in [0, 0.1) is 11.3 Å². The van der Waals surface area contributed by atoms with Gasteiger partial charge in [0.05, 0.1) is 22.9 Å². The molecule has 0 unspecified atom stereocenters. The molecule has 2 rings (SSSR count). The molecule has 2 aromatic rings. The zero-order valence-electron chi connectivity index (χ0n) is 14.8. The van der Waals surface area contributed by atoms with Gasteiger partial charge in [-0.25, -0.2) is 13.2 Å². The molecule has 0 heterocycles. The van der Waals surface area contributed by atoms with Crippen LogP contribution in [0.2, 0.25) is 0 Å². The number of anilines is 1. The van der Waals surface area contributed by atoms with Crippen molar-refractivity contribution >= 4 is 27.4 Å². The van der Waals surface area contributed by atoms with Crippen LogP contribution in [0.15, 0.2) is 48.5 Å². The number of hydrogen-bond donors (Lipinski definition) is 1. The number of carbonyl (C=O) groups excluding carboxylic acids is 2. The quantitative estimate of drug-likeness (QED) is 0.762. The SMILES string of the molecule is C[C@@H](OC(=O)c1ccc(CS(C)(=O)=O)cc1)C(=O)Nc1ccc(C#N)cc1. The highest BCUT2D eigenvalue weighted by atomic mass is 32.2. The van der Waals surface area contributed by atoms with E-state index in [0.717, 1.165) is 6.26 Å². The summed E-state index contributed by atoms with van der Waals surface area (Å²) in [5.41, 5.74) is 1.71. The van der Waals surface area contributed by atoms with Gasteiger partial charge in [-0.1, -0.05) is 12.1 Å². The number of nitrogens with one attached hydrogen (secondary N) is 1. The van der Waals surface area contributed by atoms with Crippen LogP contribution >= 0.6 is 0 Å². The molecule has 140 valence electrons. The van der Waals surface area contributed by atoms with Crippen LogP contribution in [-0.2, 0) is 25.1 Å². The number of ether oxygens (including phenoxy) is 1. The van der Waals surface area contributed by atoms with E-state index in [-0.39, 0.29) is 11.3 Å². The first-order chi connectivity index (χ1) is 12.7. The van der Waals surface area contributed by atoms with Crippen molar-refractivity contribution < 1.29 is 22.7 Å². The molecule has 0 aliphatic rings. The molecule has 0 saturated carbocycles. The molecule has 1 atom stereocenters. The average Bonchev–Trinajstić information content (AvgIpc) is 2.61. The average molecular weight is 386 g/mol. The molecule has 0 bridgehead atoms. The molecule has 1 amide bonds. The number of carbonyl (C=O) groups is 2. The lowest BCUT2D eigenvalue weighted by Gasteiger charge is -2.13. The van der Waals surface area contributed by atoms with E-state index in [1.165, 1.54) is 31.2 Å². The number of hydrogen-bond acceptors (Lipinski definition) is 6. The summed E-state index contributed by atoms with van der Waals surface area (Å²) >= 11 is 0. The summed E-state index contributed by atoms with van der Waals surface area (Å²) in [7, 11) is -3.16. The number of amides is 1. The summed E-state index contributed by atoms with van der Waals surface area (Å²) in [6.07, 6.45) is 0.0902. The Balaban J connectivity index is 1.95. The van der Waals surface area contributed by atoms with Crippen molar-refractivity contribution in [3.05, 3.63) is 65.2 Å². The number of sulfone groups is 1. The van der Waals surface area contributed by atoms with E-state index in [2.05, 4.69) is 5.32 Å². The van der Waals surface area contributed by atoms with Crippen LogP contribution in [0.25, 0.3) is 0 Å². The highest BCUT2D eigenvalue weighted by Gasteiger charge is 2.19. The van der Waals surface area contributed by atoms with Gasteiger partial charge in [0.2, 0.25) is 0 Å². The molecule has 8 heteroatoms. The first-order valence-corrected chi connectivity index (χ1v) is 10.0.